The third-order valence-corrected chi connectivity index (χ3v) is 6.68. The largest absolute Gasteiger partial charge is 0.488 e. The molecule has 10 heteroatoms. The Morgan fingerprint density at radius 2 is 2.29 bits per heavy atom. The van der Waals surface area contributed by atoms with Crippen molar-refractivity contribution in [3.05, 3.63) is 82.3 Å². The summed E-state index contributed by atoms with van der Waals surface area (Å²) in [4.78, 5) is 25.2. The maximum Gasteiger partial charge on any atom is 0.265 e. The molecule has 2 aromatic rings. The van der Waals surface area contributed by atoms with Crippen molar-refractivity contribution in [1.29, 1.82) is 5.26 Å². The Morgan fingerprint density at radius 1 is 1.37 bits per heavy atom. The molecule has 1 amide bonds. The SMILES string of the molecule is COc1ncc(N2C=COC(C3=C(O[C@H]4CCN(C(=O)c5cncs5)C4)C=CCC3)=C2)cc1C#N. The van der Waals surface area contributed by atoms with Gasteiger partial charge in [0.2, 0.25) is 5.88 Å². The molecular weight excluding hydrogens is 466 g/mol. The molecule has 35 heavy (non-hydrogen) atoms. The van der Waals surface area contributed by atoms with E-state index in [1.54, 1.807) is 36.4 Å². The molecule has 0 bridgehead atoms. The van der Waals surface area contributed by atoms with Gasteiger partial charge in [-0.2, -0.15) is 5.26 Å². The number of pyridine rings is 1. The van der Waals surface area contributed by atoms with Crippen molar-refractivity contribution >= 4 is 22.9 Å². The van der Waals surface area contributed by atoms with E-state index in [-0.39, 0.29) is 17.9 Å². The average molecular weight is 490 g/mol. The van der Waals surface area contributed by atoms with Crippen LogP contribution in [-0.4, -0.2) is 47.1 Å². The predicted octanol–water partition coefficient (Wildman–Crippen LogP) is 4.10. The van der Waals surface area contributed by atoms with Gasteiger partial charge < -0.3 is 24.0 Å². The number of anilines is 1. The summed E-state index contributed by atoms with van der Waals surface area (Å²) in [5.41, 5.74) is 3.68. The zero-order chi connectivity index (χ0) is 24.2. The molecule has 0 N–H and O–H groups in total. The fourth-order valence-corrected chi connectivity index (χ4v) is 4.75. The predicted molar refractivity (Wildman–Crippen MR) is 129 cm³/mol. The summed E-state index contributed by atoms with van der Waals surface area (Å²) in [6.45, 7) is 1.18. The van der Waals surface area contributed by atoms with E-state index >= 15 is 0 Å². The molecule has 0 radical (unpaired) electrons. The molecule has 2 aliphatic heterocycles. The summed E-state index contributed by atoms with van der Waals surface area (Å²) in [6.07, 6.45) is 14.8. The summed E-state index contributed by atoms with van der Waals surface area (Å²) in [6, 6.07) is 3.83. The van der Waals surface area contributed by atoms with Crippen molar-refractivity contribution in [3.63, 3.8) is 0 Å². The Morgan fingerprint density at radius 3 is 3.09 bits per heavy atom. The van der Waals surface area contributed by atoms with Crippen LogP contribution in [0.2, 0.25) is 0 Å². The Bertz CT molecular complexity index is 1280. The van der Waals surface area contributed by atoms with Gasteiger partial charge in [-0.3, -0.25) is 9.78 Å². The maximum atomic E-state index is 12.7. The molecule has 1 aliphatic carbocycles. The number of rotatable bonds is 6. The van der Waals surface area contributed by atoms with Gasteiger partial charge in [-0.05, 0) is 25.0 Å². The van der Waals surface area contributed by atoms with Gasteiger partial charge in [0, 0.05) is 24.7 Å². The van der Waals surface area contributed by atoms with E-state index in [4.69, 9.17) is 14.2 Å². The van der Waals surface area contributed by atoms with Crippen LogP contribution in [0.4, 0.5) is 5.69 Å². The maximum absolute atomic E-state index is 12.7. The molecular formula is C25H23N5O4S. The highest BCUT2D eigenvalue weighted by atomic mass is 32.1. The average Bonchev–Trinajstić information content (AvgIpc) is 3.61. The normalized spacial score (nSPS) is 19.3. The van der Waals surface area contributed by atoms with Crippen LogP contribution in [0.5, 0.6) is 5.88 Å². The quantitative estimate of drug-likeness (QED) is 0.598. The van der Waals surface area contributed by atoms with Gasteiger partial charge in [-0.25, -0.2) is 4.98 Å². The molecule has 2 aromatic heterocycles. The molecule has 4 heterocycles. The standard InChI is InChI=1S/C25H23N5O4S/c1-32-24-17(11-26)10-18(12-28-24)29-8-9-33-22(15-29)20-4-2-3-5-21(20)34-19-6-7-30(14-19)25(31)23-13-27-16-35-23/h3,5,8-10,12-13,15-16,19H,2,4,6-7,14H2,1H3/t19-/m0/s1. The molecule has 3 aliphatic rings. The zero-order valence-corrected chi connectivity index (χ0v) is 19.9. The number of likely N-dealkylation sites (tertiary alicyclic amines) is 1. The molecule has 1 saturated heterocycles. The van der Waals surface area contributed by atoms with Gasteiger partial charge in [0.15, 0.2) is 0 Å². The topological polar surface area (TPSA) is 101 Å². The van der Waals surface area contributed by atoms with Gasteiger partial charge in [-0.15, -0.1) is 11.3 Å². The highest BCUT2D eigenvalue weighted by molar-refractivity contribution is 7.11. The Kier molecular flexibility index (Phi) is 6.50. The summed E-state index contributed by atoms with van der Waals surface area (Å²) in [7, 11) is 1.49. The van der Waals surface area contributed by atoms with Crippen molar-refractivity contribution in [2.24, 2.45) is 0 Å². The number of allylic oxidation sites excluding steroid dienone is 3. The van der Waals surface area contributed by atoms with Crippen LogP contribution in [0.3, 0.4) is 0 Å². The highest BCUT2D eigenvalue weighted by Crippen LogP contribution is 2.33. The molecule has 0 unspecified atom stereocenters. The van der Waals surface area contributed by atoms with E-state index in [9.17, 15) is 10.1 Å². The van der Waals surface area contributed by atoms with Crippen LogP contribution in [0, 0.1) is 11.3 Å². The molecule has 9 nitrogen and oxygen atoms in total. The molecule has 178 valence electrons. The second kappa shape index (κ2) is 10.0. The minimum absolute atomic E-state index is 0.00377. The number of nitriles is 1. The van der Waals surface area contributed by atoms with Crippen molar-refractivity contribution < 1.29 is 19.0 Å². The molecule has 5 rings (SSSR count). The fraction of sp³-hybridized carbons (Fsp3) is 0.280. The Hall–Kier alpha value is -4.10. The van der Waals surface area contributed by atoms with Crippen molar-refractivity contribution in [2.45, 2.75) is 25.4 Å². The Labute approximate surface area is 206 Å². The number of hydrogen-bond acceptors (Lipinski definition) is 9. The summed E-state index contributed by atoms with van der Waals surface area (Å²) < 4.78 is 17.4. The zero-order valence-electron chi connectivity index (χ0n) is 19.1. The van der Waals surface area contributed by atoms with Gasteiger partial charge in [0.25, 0.3) is 5.91 Å². The molecule has 1 atom stereocenters. The first kappa shape index (κ1) is 22.7. The number of ether oxygens (including phenoxy) is 3. The van der Waals surface area contributed by atoms with Gasteiger partial charge >= 0.3 is 0 Å². The van der Waals surface area contributed by atoms with E-state index in [0.717, 1.165) is 30.6 Å². The van der Waals surface area contributed by atoms with Crippen LogP contribution < -0.4 is 9.64 Å². The van der Waals surface area contributed by atoms with E-state index in [1.807, 2.05) is 22.1 Å². The van der Waals surface area contributed by atoms with Crippen LogP contribution in [-0.2, 0) is 9.47 Å². The van der Waals surface area contributed by atoms with Crippen LogP contribution >= 0.6 is 11.3 Å². The molecule has 0 spiro atoms. The first-order chi connectivity index (χ1) is 17.2. The number of hydrogen-bond donors (Lipinski definition) is 0. The third-order valence-electron chi connectivity index (χ3n) is 5.92. The van der Waals surface area contributed by atoms with Crippen molar-refractivity contribution in [3.8, 4) is 11.9 Å². The summed E-state index contributed by atoms with van der Waals surface area (Å²) >= 11 is 1.35. The lowest BCUT2D eigenvalue weighted by Gasteiger charge is -2.26. The van der Waals surface area contributed by atoms with Crippen LogP contribution in [0.15, 0.2) is 71.9 Å². The second-order valence-corrected chi connectivity index (χ2v) is 8.98. The fourth-order valence-electron chi connectivity index (χ4n) is 4.17. The monoisotopic (exact) mass is 489 g/mol. The van der Waals surface area contributed by atoms with E-state index < -0.39 is 0 Å². The number of methoxy groups -OCH3 is 1. The highest BCUT2D eigenvalue weighted by Gasteiger charge is 2.30. The van der Waals surface area contributed by atoms with E-state index in [2.05, 4.69) is 22.1 Å². The van der Waals surface area contributed by atoms with E-state index in [1.165, 1.54) is 18.4 Å². The second-order valence-electron chi connectivity index (χ2n) is 8.10. The minimum Gasteiger partial charge on any atom is -0.488 e. The Balaban J connectivity index is 1.34. The molecule has 0 aromatic carbocycles. The molecule has 0 saturated carbocycles. The number of aromatic nitrogens is 2. The van der Waals surface area contributed by atoms with Crippen molar-refractivity contribution in [1.82, 2.24) is 14.9 Å². The summed E-state index contributed by atoms with van der Waals surface area (Å²) in [5, 5.41) is 9.40. The van der Waals surface area contributed by atoms with Gasteiger partial charge in [0.05, 0.1) is 43.4 Å². The summed E-state index contributed by atoms with van der Waals surface area (Å²) in [5.74, 6) is 1.70. The van der Waals surface area contributed by atoms with Crippen molar-refractivity contribution in [2.75, 3.05) is 25.1 Å². The number of carbonyl (C=O) groups is 1. The minimum atomic E-state index is -0.0977. The smallest absolute Gasteiger partial charge is 0.265 e. The lowest BCUT2D eigenvalue weighted by Crippen LogP contribution is -2.29. The number of carbonyl (C=O) groups excluding carboxylic acids is 1. The van der Waals surface area contributed by atoms with Gasteiger partial charge in [0.1, 0.15) is 40.4 Å². The number of nitrogens with zero attached hydrogens (tertiary/aromatic N) is 5. The lowest BCUT2D eigenvalue weighted by molar-refractivity contribution is 0.0747. The lowest BCUT2D eigenvalue weighted by atomic mass is 10.0. The van der Waals surface area contributed by atoms with Gasteiger partial charge in [-0.1, -0.05) is 6.08 Å². The third kappa shape index (κ3) is 4.76. The van der Waals surface area contributed by atoms with E-state index in [0.29, 0.717) is 35.0 Å². The first-order valence-corrected chi connectivity index (χ1v) is 12.1. The van der Waals surface area contributed by atoms with Crippen LogP contribution in [0.25, 0.3) is 0 Å². The first-order valence-electron chi connectivity index (χ1n) is 11.2. The number of amides is 1. The number of thiazole rings is 1. The molecule has 1 fully saturated rings. The van der Waals surface area contributed by atoms with Crippen LogP contribution in [0.1, 0.15) is 34.5 Å².